The highest BCUT2D eigenvalue weighted by Crippen LogP contribution is 2.14. The summed E-state index contributed by atoms with van der Waals surface area (Å²) >= 11 is 0. The van der Waals surface area contributed by atoms with E-state index in [1.165, 1.54) is 0 Å². The van der Waals surface area contributed by atoms with Crippen LogP contribution >= 0.6 is 0 Å². The van der Waals surface area contributed by atoms with Gasteiger partial charge < -0.3 is 20.9 Å². The topological polar surface area (TPSA) is 90.5 Å². The molecule has 0 heterocycles. The zero-order chi connectivity index (χ0) is 21.9. The summed E-state index contributed by atoms with van der Waals surface area (Å²) in [5.41, 5.74) is 2.92. The first kappa shape index (κ1) is 22.9. The Morgan fingerprint density at radius 2 is 1.70 bits per heavy atom. The van der Waals surface area contributed by atoms with Gasteiger partial charge in [-0.1, -0.05) is 25.1 Å². The SMILES string of the molecule is CCCNC(=O)c1cccc(NC(=O)CNc2cccc(CCC(=O)N(C)C)c2)c1. The number of hydrogen-bond acceptors (Lipinski definition) is 4. The number of rotatable bonds is 10. The van der Waals surface area contributed by atoms with Crippen LogP contribution in [-0.2, 0) is 16.0 Å². The molecule has 2 aromatic rings. The third-order valence-electron chi connectivity index (χ3n) is 4.45. The van der Waals surface area contributed by atoms with Gasteiger partial charge in [0.25, 0.3) is 5.91 Å². The molecule has 0 fully saturated rings. The lowest BCUT2D eigenvalue weighted by Crippen LogP contribution is -2.25. The fourth-order valence-corrected chi connectivity index (χ4v) is 2.78. The first-order chi connectivity index (χ1) is 14.4. The summed E-state index contributed by atoms with van der Waals surface area (Å²) in [4.78, 5) is 37.7. The Hall–Kier alpha value is -3.35. The Labute approximate surface area is 177 Å². The van der Waals surface area contributed by atoms with Gasteiger partial charge in [0, 0.05) is 44.0 Å². The summed E-state index contributed by atoms with van der Waals surface area (Å²) in [6.07, 6.45) is 1.95. The molecule has 0 unspecified atom stereocenters. The largest absolute Gasteiger partial charge is 0.376 e. The Kier molecular flexibility index (Phi) is 8.87. The van der Waals surface area contributed by atoms with Gasteiger partial charge in [-0.15, -0.1) is 0 Å². The van der Waals surface area contributed by atoms with Crippen LogP contribution < -0.4 is 16.0 Å². The van der Waals surface area contributed by atoms with E-state index in [-0.39, 0.29) is 24.3 Å². The van der Waals surface area contributed by atoms with E-state index in [1.54, 1.807) is 43.3 Å². The fraction of sp³-hybridized carbons (Fsp3) is 0.348. The predicted molar refractivity (Wildman–Crippen MR) is 120 cm³/mol. The maximum absolute atomic E-state index is 12.3. The number of nitrogens with zero attached hydrogens (tertiary/aromatic N) is 1. The number of carbonyl (C=O) groups is 3. The number of aryl methyl sites for hydroxylation is 1. The van der Waals surface area contributed by atoms with Crippen molar-refractivity contribution in [2.75, 3.05) is 37.8 Å². The number of benzene rings is 2. The van der Waals surface area contributed by atoms with Gasteiger partial charge in [0.2, 0.25) is 11.8 Å². The van der Waals surface area contributed by atoms with Gasteiger partial charge in [0.05, 0.1) is 6.54 Å². The molecule has 0 saturated carbocycles. The molecule has 0 aromatic heterocycles. The van der Waals surface area contributed by atoms with Crippen LogP contribution in [0.3, 0.4) is 0 Å². The molecule has 0 bridgehead atoms. The van der Waals surface area contributed by atoms with Gasteiger partial charge in [-0.25, -0.2) is 0 Å². The van der Waals surface area contributed by atoms with E-state index in [1.807, 2.05) is 31.2 Å². The summed E-state index contributed by atoms with van der Waals surface area (Å²) < 4.78 is 0. The third kappa shape index (κ3) is 7.58. The van der Waals surface area contributed by atoms with Crippen molar-refractivity contribution in [2.24, 2.45) is 0 Å². The Morgan fingerprint density at radius 3 is 2.43 bits per heavy atom. The maximum Gasteiger partial charge on any atom is 0.251 e. The Balaban J connectivity index is 1.87. The van der Waals surface area contributed by atoms with Crippen molar-refractivity contribution >= 4 is 29.1 Å². The van der Waals surface area contributed by atoms with Crippen LogP contribution in [0.15, 0.2) is 48.5 Å². The molecule has 0 spiro atoms. The van der Waals surface area contributed by atoms with Crippen molar-refractivity contribution in [1.82, 2.24) is 10.2 Å². The first-order valence-corrected chi connectivity index (χ1v) is 10.1. The second-order valence-corrected chi connectivity index (χ2v) is 7.23. The quantitative estimate of drug-likeness (QED) is 0.562. The zero-order valence-corrected chi connectivity index (χ0v) is 17.8. The second kappa shape index (κ2) is 11.6. The summed E-state index contributed by atoms with van der Waals surface area (Å²) in [5.74, 6) is -0.289. The molecule has 2 aromatic carbocycles. The molecule has 7 heteroatoms. The highest BCUT2D eigenvalue weighted by Gasteiger charge is 2.08. The van der Waals surface area contributed by atoms with E-state index in [4.69, 9.17) is 0 Å². The molecule has 0 radical (unpaired) electrons. The van der Waals surface area contributed by atoms with Crippen molar-refractivity contribution in [3.05, 3.63) is 59.7 Å². The van der Waals surface area contributed by atoms with E-state index in [0.717, 1.165) is 17.7 Å². The van der Waals surface area contributed by atoms with Crippen LogP contribution in [0.5, 0.6) is 0 Å². The molecule has 3 N–H and O–H groups in total. The van der Waals surface area contributed by atoms with E-state index in [2.05, 4.69) is 16.0 Å². The van der Waals surface area contributed by atoms with Crippen LogP contribution in [-0.4, -0.2) is 49.8 Å². The Morgan fingerprint density at radius 1 is 0.967 bits per heavy atom. The lowest BCUT2D eigenvalue weighted by molar-refractivity contribution is -0.128. The molecule has 0 atom stereocenters. The fourth-order valence-electron chi connectivity index (χ4n) is 2.78. The number of anilines is 2. The van der Waals surface area contributed by atoms with Gasteiger partial charge in [-0.3, -0.25) is 14.4 Å². The van der Waals surface area contributed by atoms with Crippen LogP contribution in [0.2, 0.25) is 0 Å². The molecule has 0 aliphatic heterocycles. The molecule has 30 heavy (non-hydrogen) atoms. The minimum absolute atomic E-state index is 0.0818. The third-order valence-corrected chi connectivity index (χ3v) is 4.45. The van der Waals surface area contributed by atoms with Gasteiger partial charge in [-0.05, 0) is 48.7 Å². The molecule has 3 amide bonds. The average Bonchev–Trinajstić information content (AvgIpc) is 2.74. The first-order valence-electron chi connectivity index (χ1n) is 10.1. The van der Waals surface area contributed by atoms with Crippen molar-refractivity contribution < 1.29 is 14.4 Å². The van der Waals surface area contributed by atoms with E-state index >= 15 is 0 Å². The van der Waals surface area contributed by atoms with Crippen molar-refractivity contribution in [2.45, 2.75) is 26.2 Å². The smallest absolute Gasteiger partial charge is 0.251 e. The number of amides is 3. The van der Waals surface area contributed by atoms with Gasteiger partial charge in [-0.2, -0.15) is 0 Å². The minimum Gasteiger partial charge on any atom is -0.376 e. The maximum atomic E-state index is 12.3. The van der Waals surface area contributed by atoms with Crippen LogP contribution in [0.4, 0.5) is 11.4 Å². The lowest BCUT2D eigenvalue weighted by atomic mass is 10.1. The summed E-state index contributed by atoms with van der Waals surface area (Å²) in [7, 11) is 3.48. The number of nitrogens with one attached hydrogen (secondary N) is 3. The summed E-state index contributed by atoms with van der Waals surface area (Å²) in [6.45, 7) is 2.69. The molecule has 7 nitrogen and oxygen atoms in total. The lowest BCUT2D eigenvalue weighted by Gasteiger charge is -2.11. The van der Waals surface area contributed by atoms with Gasteiger partial charge >= 0.3 is 0 Å². The van der Waals surface area contributed by atoms with Gasteiger partial charge in [0.1, 0.15) is 0 Å². The summed E-state index contributed by atoms with van der Waals surface area (Å²) in [6, 6.07) is 14.5. The molecular weight excluding hydrogens is 380 g/mol. The predicted octanol–water partition coefficient (Wildman–Crippen LogP) is 2.90. The second-order valence-electron chi connectivity index (χ2n) is 7.23. The molecule has 0 aliphatic carbocycles. The van der Waals surface area contributed by atoms with E-state index < -0.39 is 0 Å². The number of carbonyl (C=O) groups excluding carboxylic acids is 3. The molecule has 160 valence electrons. The molecular formula is C23H30N4O3. The highest BCUT2D eigenvalue weighted by atomic mass is 16.2. The van der Waals surface area contributed by atoms with E-state index in [0.29, 0.717) is 30.6 Å². The van der Waals surface area contributed by atoms with Gasteiger partial charge in [0.15, 0.2) is 0 Å². The highest BCUT2D eigenvalue weighted by molar-refractivity contribution is 5.98. The van der Waals surface area contributed by atoms with Crippen molar-refractivity contribution in [3.63, 3.8) is 0 Å². The monoisotopic (exact) mass is 410 g/mol. The van der Waals surface area contributed by atoms with Crippen molar-refractivity contribution in [1.29, 1.82) is 0 Å². The summed E-state index contributed by atoms with van der Waals surface area (Å²) in [5, 5.41) is 8.71. The number of hydrogen-bond donors (Lipinski definition) is 3. The normalized spacial score (nSPS) is 10.2. The van der Waals surface area contributed by atoms with Crippen LogP contribution in [0.25, 0.3) is 0 Å². The zero-order valence-electron chi connectivity index (χ0n) is 17.8. The standard InChI is InChI=1S/C23H30N4O3/c1-4-13-24-23(30)18-8-6-10-20(15-18)26-21(28)16-25-19-9-5-7-17(14-19)11-12-22(29)27(2)3/h5-10,14-15,25H,4,11-13,16H2,1-3H3,(H,24,30)(H,26,28). The van der Waals surface area contributed by atoms with Crippen LogP contribution in [0.1, 0.15) is 35.7 Å². The van der Waals surface area contributed by atoms with Crippen molar-refractivity contribution in [3.8, 4) is 0 Å². The Bertz CT molecular complexity index is 880. The molecule has 0 saturated heterocycles. The van der Waals surface area contributed by atoms with Crippen LogP contribution in [0, 0.1) is 0 Å². The average molecular weight is 411 g/mol. The van der Waals surface area contributed by atoms with E-state index in [9.17, 15) is 14.4 Å². The molecule has 0 aliphatic rings. The molecule has 2 rings (SSSR count). The minimum atomic E-state index is -0.214.